The van der Waals surface area contributed by atoms with Crippen LogP contribution in [0.25, 0.3) is 0 Å². The number of anilines is 1. The quantitative estimate of drug-likeness (QED) is 0.888. The number of carbonyl (C=O) groups is 2. The van der Waals surface area contributed by atoms with Crippen LogP contribution < -0.4 is 5.32 Å². The van der Waals surface area contributed by atoms with E-state index in [0.717, 1.165) is 0 Å². The highest BCUT2D eigenvalue weighted by molar-refractivity contribution is 5.95. The molecule has 0 bridgehead atoms. The van der Waals surface area contributed by atoms with E-state index in [4.69, 9.17) is 4.74 Å². The third kappa shape index (κ3) is 3.51. The van der Waals surface area contributed by atoms with E-state index in [0.29, 0.717) is 18.8 Å². The molecule has 1 saturated heterocycles. The van der Waals surface area contributed by atoms with Gasteiger partial charge in [0.15, 0.2) is 0 Å². The van der Waals surface area contributed by atoms with Crippen molar-refractivity contribution in [1.82, 2.24) is 4.90 Å². The topological polar surface area (TPSA) is 58.6 Å². The van der Waals surface area contributed by atoms with Gasteiger partial charge in [-0.2, -0.15) is 0 Å². The third-order valence-electron chi connectivity index (χ3n) is 2.90. The molecule has 1 atom stereocenters. The molecule has 2 rings (SSSR count). The molecule has 0 saturated carbocycles. The number of hydrogen-bond acceptors (Lipinski definition) is 3. The Bertz CT molecular complexity index is 475. The number of hydrogen-bond donors (Lipinski definition) is 1. The number of carbonyl (C=O) groups excluding carboxylic acids is 2. The normalized spacial score (nSPS) is 19.4. The van der Waals surface area contributed by atoms with Crippen molar-refractivity contribution in [3.8, 4) is 0 Å². The van der Waals surface area contributed by atoms with Crippen molar-refractivity contribution in [2.75, 3.05) is 25.5 Å². The van der Waals surface area contributed by atoms with Crippen LogP contribution in [0.2, 0.25) is 0 Å². The van der Waals surface area contributed by atoms with Gasteiger partial charge in [-0.1, -0.05) is 0 Å². The van der Waals surface area contributed by atoms with Gasteiger partial charge in [0, 0.05) is 19.3 Å². The highest BCUT2D eigenvalue weighted by Gasteiger charge is 2.29. The van der Waals surface area contributed by atoms with E-state index in [1.807, 2.05) is 0 Å². The SMILES string of the molecule is CN1CCOC(CC(=O)Nc2ccc(F)cc2)C1=O. The zero-order chi connectivity index (χ0) is 13.8. The highest BCUT2D eigenvalue weighted by atomic mass is 19.1. The Balaban J connectivity index is 1.90. The van der Waals surface area contributed by atoms with Crippen molar-refractivity contribution in [2.24, 2.45) is 0 Å². The number of amides is 2. The number of ether oxygens (including phenoxy) is 1. The molecule has 1 aromatic carbocycles. The molecule has 1 unspecified atom stereocenters. The maximum Gasteiger partial charge on any atom is 0.252 e. The predicted molar refractivity (Wildman–Crippen MR) is 67.0 cm³/mol. The van der Waals surface area contributed by atoms with Gasteiger partial charge in [0.05, 0.1) is 13.0 Å². The van der Waals surface area contributed by atoms with Crippen molar-refractivity contribution in [3.05, 3.63) is 30.1 Å². The number of nitrogens with one attached hydrogen (secondary N) is 1. The molecule has 2 amide bonds. The molecule has 19 heavy (non-hydrogen) atoms. The van der Waals surface area contributed by atoms with Gasteiger partial charge in [0.1, 0.15) is 11.9 Å². The summed E-state index contributed by atoms with van der Waals surface area (Å²) in [6.07, 6.45) is -0.778. The minimum atomic E-state index is -0.737. The van der Waals surface area contributed by atoms with Crippen LogP contribution in [0.15, 0.2) is 24.3 Å². The van der Waals surface area contributed by atoms with Crippen molar-refractivity contribution in [3.63, 3.8) is 0 Å². The van der Waals surface area contributed by atoms with E-state index in [-0.39, 0.29) is 24.1 Å². The number of morpholine rings is 1. The number of nitrogens with zero attached hydrogens (tertiary/aromatic N) is 1. The summed E-state index contributed by atoms with van der Waals surface area (Å²) in [4.78, 5) is 25.0. The Morgan fingerprint density at radius 3 is 2.84 bits per heavy atom. The Labute approximate surface area is 110 Å². The van der Waals surface area contributed by atoms with Crippen LogP contribution in [0.4, 0.5) is 10.1 Å². The minimum absolute atomic E-state index is 0.0411. The molecular formula is C13H15FN2O3. The molecular weight excluding hydrogens is 251 g/mol. The van der Waals surface area contributed by atoms with E-state index in [1.165, 1.54) is 24.3 Å². The lowest BCUT2D eigenvalue weighted by molar-refractivity contribution is -0.153. The van der Waals surface area contributed by atoms with Gasteiger partial charge in [0.2, 0.25) is 5.91 Å². The van der Waals surface area contributed by atoms with Crippen LogP contribution in [0.1, 0.15) is 6.42 Å². The first-order valence-corrected chi connectivity index (χ1v) is 5.98. The van der Waals surface area contributed by atoms with Gasteiger partial charge in [-0.05, 0) is 24.3 Å². The second-order valence-corrected chi connectivity index (χ2v) is 4.38. The maximum absolute atomic E-state index is 12.7. The Morgan fingerprint density at radius 1 is 1.47 bits per heavy atom. The summed E-state index contributed by atoms with van der Waals surface area (Å²) in [5.74, 6) is -0.897. The zero-order valence-electron chi connectivity index (χ0n) is 10.6. The van der Waals surface area contributed by atoms with Crippen LogP contribution >= 0.6 is 0 Å². The van der Waals surface area contributed by atoms with Gasteiger partial charge in [-0.3, -0.25) is 9.59 Å². The molecule has 6 heteroatoms. The summed E-state index contributed by atoms with van der Waals surface area (Å²) in [5.41, 5.74) is 0.489. The highest BCUT2D eigenvalue weighted by Crippen LogP contribution is 2.12. The van der Waals surface area contributed by atoms with Crippen LogP contribution in [0, 0.1) is 5.82 Å². The monoisotopic (exact) mass is 266 g/mol. The fourth-order valence-corrected chi connectivity index (χ4v) is 1.82. The van der Waals surface area contributed by atoms with E-state index in [9.17, 15) is 14.0 Å². The van der Waals surface area contributed by atoms with Crippen molar-refractivity contribution < 1.29 is 18.7 Å². The number of halogens is 1. The molecule has 1 N–H and O–H groups in total. The molecule has 0 radical (unpaired) electrons. The summed E-state index contributed by atoms with van der Waals surface area (Å²) in [7, 11) is 1.68. The lowest BCUT2D eigenvalue weighted by Crippen LogP contribution is -2.46. The van der Waals surface area contributed by atoms with E-state index in [1.54, 1.807) is 11.9 Å². The summed E-state index contributed by atoms with van der Waals surface area (Å²) in [6, 6.07) is 5.43. The van der Waals surface area contributed by atoms with Gasteiger partial charge >= 0.3 is 0 Å². The molecule has 0 aromatic heterocycles. The lowest BCUT2D eigenvalue weighted by atomic mass is 10.2. The number of benzene rings is 1. The largest absolute Gasteiger partial charge is 0.366 e. The molecule has 1 aliphatic heterocycles. The van der Waals surface area contributed by atoms with Crippen LogP contribution in [0.3, 0.4) is 0 Å². The van der Waals surface area contributed by atoms with Gasteiger partial charge in [0.25, 0.3) is 5.91 Å². The summed E-state index contributed by atoms with van der Waals surface area (Å²) < 4.78 is 18.0. The lowest BCUT2D eigenvalue weighted by Gasteiger charge is -2.29. The Kier molecular flexibility index (Phi) is 4.11. The zero-order valence-corrected chi connectivity index (χ0v) is 10.6. The fourth-order valence-electron chi connectivity index (χ4n) is 1.82. The Morgan fingerprint density at radius 2 is 2.16 bits per heavy atom. The van der Waals surface area contributed by atoms with Crippen LogP contribution in [-0.2, 0) is 14.3 Å². The first-order valence-electron chi connectivity index (χ1n) is 5.98. The minimum Gasteiger partial charge on any atom is -0.366 e. The average Bonchev–Trinajstić information content (AvgIpc) is 2.38. The molecule has 102 valence electrons. The van der Waals surface area contributed by atoms with Gasteiger partial charge < -0.3 is 15.0 Å². The van der Waals surface area contributed by atoms with Gasteiger partial charge in [-0.25, -0.2) is 4.39 Å². The predicted octanol–water partition coefficient (Wildman–Crippen LogP) is 1.01. The molecule has 1 aromatic rings. The smallest absolute Gasteiger partial charge is 0.252 e. The third-order valence-corrected chi connectivity index (χ3v) is 2.90. The van der Waals surface area contributed by atoms with E-state index in [2.05, 4.69) is 5.32 Å². The van der Waals surface area contributed by atoms with Crippen LogP contribution in [-0.4, -0.2) is 43.0 Å². The Hall–Kier alpha value is -1.95. The second-order valence-electron chi connectivity index (χ2n) is 4.38. The number of likely N-dealkylation sites (N-methyl/N-ethyl adjacent to an activating group) is 1. The van der Waals surface area contributed by atoms with E-state index >= 15 is 0 Å². The summed E-state index contributed by atoms with van der Waals surface area (Å²) >= 11 is 0. The molecule has 1 aliphatic rings. The maximum atomic E-state index is 12.7. The van der Waals surface area contributed by atoms with Crippen molar-refractivity contribution in [2.45, 2.75) is 12.5 Å². The fraction of sp³-hybridized carbons (Fsp3) is 0.385. The molecule has 1 heterocycles. The first-order chi connectivity index (χ1) is 9.06. The second kappa shape index (κ2) is 5.79. The van der Waals surface area contributed by atoms with Crippen molar-refractivity contribution >= 4 is 17.5 Å². The molecule has 0 spiro atoms. The van der Waals surface area contributed by atoms with Gasteiger partial charge in [-0.15, -0.1) is 0 Å². The summed E-state index contributed by atoms with van der Waals surface area (Å²) in [5, 5.41) is 2.60. The standard InChI is InChI=1S/C13H15FN2O3/c1-16-6-7-19-11(13(16)18)8-12(17)15-10-4-2-9(14)3-5-10/h2-5,11H,6-8H2,1H3,(H,15,17). The summed E-state index contributed by atoms with van der Waals surface area (Å²) in [6.45, 7) is 0.964. The molecule has 5 nitrogen and oxygen atoms in total. The van der Waals surface area contributed by atoms with Crippen molar-refractivity contribution in [1.29, 1.82) is 0 Å². The average molecular weight is 266 g/mol. The molecule has 1 fully saturated rings. The first kappa shape index (κ1) is 13.5. The van der Waals surface area contributed by atoms with E-state index < -0.39 is 6.10 Å². The van der Waals surface area contributed by atoms with Crippen LogP contribution in [0.5, 0.6) is 0 Å². The molecule has 0 aliphatic carbocycles. The number of rotatable bonds is 3.